The van der Waals surface area contributed by atoms with E-state index in [0.29, 0.717) is 35.4 Å². The van der Waals surface area contributed by atoms with Gasteiger partial charge >= 0.3 is 0 Å². The first-order valence-corrected chi connectivity index (χ1v) is 11.8. The SMILES string of the molecule is CCCCC#Cc1nc(NC2CCCC2)c2ncn([C@@H]3O[C@H](C(=O)NCC)[C@@H](O)[C@H]3O)c2n1. The van der Waals surface area contributed by atoms with Crippen LogP contribution in [0.3, 0.4) is 0 Å². The van der Waals surface area contributed by atoms with Crippen LogP contribution in [0, 0.1) is 11.8 Å². The number of aliphatic hydroxyl groups excluding tert-OH is 2. The third-order valence-electron chi connectivity index (χ3n) is 6.09. The lowest BCUT2D eigenvalue weighted by Crippen LogP contribution is -2.42. The molecule has 0 bridgehead atoms. The number of anilines is 1. The zero-order chi connectivity index (χ0) is 23.4. The monoisotopic (exact) mass is 456 g/mol. The van der Waals surface area contributed by atoms with E-state index in [1.165, 1.54) is 19.2 Å². The zero-order valence-corrected chi connectivity index (χ0v) is 19.1. The van der Waals surface area contributed by atoms with Crippen LogP contribution < -0.4 is 10.6 Å². The molecule has 1 saturated heterocycles. The number of imidazole rings is 1. The van der Waals surface area contributed by atoms with Crippen LogP contribution in [0.2, 0.25) is 0 Å². The molecule has 10 heteroatoms. The molecule has 3 heterocycles. The van der Waals surface area contributed by atoms with Gasteiger partial charge in [-0.05, 0) is 32.1 Å². The fourth-order valence-electron chi connectivity index (χ4n) is 4.31. The minimum Gasteiger partial charge on any atom is -0.387 e. The Morgan fingerprint density at radius 2 is 2.03 bits per heavy atom. The van der Waals surface area contributed by atoms with E-state index in [1.807, 2.05) is 0 Å². The molecular weight excluding hydrogens is 424 g/mol. The number of unbranched alkanes of at least 4 members (excludes halogenated alkanes) is 2. The number of carbonyl (C=O) groups is 1. The summed E-state index contributed by atoms with van der Waals surface area (Å²) in [5.41, 5.74) is 0.964. The average Bonchev–Trinajstić information content (AvgIpc) is 3.52. The van der Waals surface area contributed by atoms with Gasteiger partial charge in [-0.15, -0.1) is 0 Å². The van der Waals surface area contributed by atoms with E-state index in [9.17, 15) is 15.0 Å². The van der Waals surface area contributed by atoms with Crippen molar-refractivity contribution in [2.45, 2.75) is 89.4 Å². The summed E-state index contributed by atoms with van der Waals surface area (Å²) >= 11 is 0. The number of carbonyl (C=O) groups excluding carboxylic acids is 1. The van der Waals surface area contributed by atoms with Crippen molar-refractivity contribution in [2.24, 2.45) is 0 Å². The number of likely N-dealkylation sites (N-methyl/N-ethyl adjacent to an activating group) is 1. The van der Waals surface area contributed by atoms with Crippen LogP contribution in [0.25, 0.3) is 11.2 Å². The number of nitrogens with zero attached hydrogens (tertiary/aromatic N) is 4. The highest BCUT2D eigenvalue weighted by atomic mass is 16.6. The maximum atomic E-state index is 12.3. The molecule has 0 radical (unpaired) electrons. The standard InChI is InChI=1S/C23H32N6O4/c1-3-5-6-7-12-15-27-20(26-14-10-8-9-11-14)16-21(28-15)29(13-25-16)23-18(31)17(30)19(33-23)22(32)24-4-2/h13-14,17-19,23,30-31H,3-6,8-11H2,1-2H3,(H,24,32)(H,26,27,28)/t17-,18+,19-,23+/m0/s1. The summed E-state index contributed by atoms with van der Waals surface area (Å²) in [6.45, 7) is 4.28. The maximum absolute atomic E-state index is 12.3. The van der Waals surface area contributed by atoms with Gasteiger partial charge in [0.15, 0.2) is 29.3 Å². The molecule has 1 amide bonds. The van der Waals surface area contributed by atoms with Gasteiger partial charge in [0, 0.05) is 19.0 Å². The normalized spacial score (nSPS) is 25.2. The molecule has 4 atom stereocenters. The maximum Gasteiger partial charge on any atom is 0.252 e. The highest BCUT2D eigenvalue weighted by molar-refractivity contribution is 5.84. The molecule has 1 aliphatic carbocycles. The van der Waals surface area contributed by atoms with Crippen molar-refractivity contribution in [3.05, 3.63) is 12.2 Å². The second-order valence-corrected chi connectivity index (χ2v) is 8.57. The van der Waals surface area contributed by atoms with Crippen LogP contribution in [0.15, 0.2) is 6.33 Å². The van der Waals surface area contributed by atoms with Gasteiger partial charge in [-0.1, -0.05) is 32.1 Å². The number of nitrogens with one attached hydrogen (secondary N) is 2. The number of aliphatic hydroxyl groups is 2. The van der Waals surface area contributed by atoms with Crippen LogP contribution in [0.5, 0.6) is 0 Å². The van der Waals surface area contributed by atoms with Gasteiger partial charge in [0.1, 0.15) is 12.2 Å². The molecule has 0 unspecified atom stereocenters. The van der Waals surface area contributed by atoms with Crippen molar-refractivity contribution in [3.8, 4) is 11.8 Å². The average molecular weight is 457 g/mol. The third kappa shape index (κ3) is 4.95. The summed E-state index contributed by atoms with van der Waals surface area (Å²) in [7, 11) is 0. The number of aromatic nitrogens is 4. The molecule has 4 rings (SSSR count). The van der Waals surface area contributed by atoms with E-state index in [-0.39, 0.29) is 0 Å². The number of rotatable bonds is 7. The predicted octanol–water partition coefficient (Wildman–Crippen LogP) is 1.48. The van der Waals surface area contributed by atoms with Crippen molar-refractivity contribution < 1.29 is 19.7 Å². The summed E-state index contributed by atoms with van der Waals surface area (Å²) < 4.78 is 7.32. The molecule has 2 aliphatic rings. The van der Waals surface area contributed by atoms with E-state index in [0.717, 1.165) is 32.1 Å². The number of fused-ring (bicyclic) bond motifs is 1. The fraction of sp³-hybridized carbons (Fsp3) is 0.652. The summed E-state index contributed by atoms with van der Waals surface area (Å²) in [6, 6.07) is 0.311. The van der Waals surface area contributed by atoms with E-state index in [2.05, 4.69) is 44.4 Å². The summed E-state index contributed by atoms with van der Waals surface area (Å²) in [5, 5.41) is 27.2. The van der Waals surface area contributed by atoms with Crippen LogP contribution in [0.4, 0.5) is 5.82 Å². The smallest absolute Gasteiger partial charge is 0.252 e. The third-order valence-corrected chi connectivity index (χ3v) is 6.09. The fourth-order valence-corrected chi connectivity index (χ4v) is 4.31. The minimum atomic E-state index is -1.37. The van der Waals surface area contributed by atoms with Crippen molar-refractivity contribution in [1.82, 2.24) is 24.8 Å². The molecule has 178 valence electrons. The molecule has 1 saturated carbocycles. The Hall–Kier alpha value is -2.74. The predicted molar refractivity (Wildman–Crippen MR) is 122 cm³/mol. The first-order valence-electron chi connectivity index (χ1n) is 11.8. The lowest BCUT2D eigenvalue weighted by molar-refractivity contribution is -0.137. The summed E-state index contributed by atoms with van der Waals surface area (Å²) in [4.78, 5) is 25.9. The van der Waals surface area contributed by atoms with Crippen molar-refractivity contribution in [3.63, 3.8) is 0 Å². The number of amides is 1. The minimum absolute atomic E-state index is 0.311. The molecule has 2 aromatic heterocycles. The van der Waals surface area contributed by atoms with Crippen molar-refractivity contribution in [2.75, 3.05) is 11.9 Å². The molecule has 4 N–H and O–H groups in total. The van der Waals surface area contributed by atoms with Gasteiger partial charge in [0.05, 0.1) is 6.33 Å². The van der Waals surface area contributed by atoms with Gasteiger partial charge in [-0.3, -0.25) is 9.36 Å². The topological polar surface area (TPSA) is 134 Å². The largest absolute Gasteiger partial charge is 0.387 e. The second kappa shape index (κ2) is 10.5. The van der Waals surface area contributed by atoms with E-state index < -0.39 is 30.4 Å². The van der Waals surface area contributed by atoms with Gasteiger partial charge < -0.3 is 25.6 Å². The lowest BCUT2D eigenvalue weighted by Gasteiger charge is -2.17. The second-order valence-electron chi connectivity index (χ2n) is 8.57. The van der Waals surface area contributed by atoms with Gasteiger partial charge in [0.2, 0.25) is 5.82 Å². The number of ether oxygens (including phenoxy) is 1. The molecule has 10 nitrogen and oxygen atoms in total. The van der Waals surface area contributed by atoms with E-state index in [4.69, 9.17) is 4.74 Å². The van der Waals surface area contributed by atoms with E-state index in [1.54, 1.807) is 11.5 Å². The van der Waals surface area contributed by atoms with Crippen molar-refractivity contribution in [1.29, 1.82) is 0 Å². The van der Waals surface area contributed by atoms with Crippen LogP contribution in [-0.2, 0) is 9.53 Å². The Labute approximate surface area is 193 Å². The van der Waals surface area contributed by atoms with Gasteiger partial charge in [-0.2, -0.15) is 0 Å². The van der Waals surface area contributed by atoms with E-state index >= 15 is 0 Å². The Morgan fingerprint density at radius 3 is 2.76 bits per heavy atom. The molecular formula is C23H32N6O4. The highest BCUT2D eigenvalue weighted by Gasteiger charge is 2.47. The number of hydrogen-bond acceptors (Lipinski definition) is 8. The van der Waals surface area contributed by atoms with Crippen LogP contribution in [0.1, 0.15) is 70.8 Å². The zero-order valence-electron chi connectivity index (χ0n) is 19.1. The summed E-state index contributed by atoms with van der Waals surface area (Å²) in [6.07, 6.45) is 3.88. The van der Waals surface area contributed by atoms with Crippen LogP contribution >= 0.6 is 0 Å². The Kier molecular flexibility index (Phi) is 7.42. The number of hydrogen-bond donors (Lipinski definition) is 4. The van der Waals surface area contributed by atoms with Gasteiger partial charge in [-0.25, -0.2) is 15.0 Å². The first kappa shape index (κ1) is 23.4. The Bertz CT molecular complexity index is 1040. The molecule has 33 heavy (non-hydrogen) atoms. The molecule has 2 fully saturated rings. The Balaban J connectivity index is 1.69. The van der Waals surface area contributed by atoms with Gasteiger partial charge in [0.25, 0.3) is 5.91 Å². The lowest BCUT2D eigenvalue weighted by atomic mass is 10.1. The molecule has 1 aliphatic heterocycles. The quantitative estimate of drug-likeness (QED) is 0.364. The molecule has 2 aromatic rings. The Morgan fingerprint density at radius 1 is 1.24 bits per heavy atom. The first-order chi connectivity index (χ1) is 16.0. The molecule has 0 aromatic carbocycles. The van der Waals surface area contributed by atoms with Crippen LogP contribution in [-0.4, -0.2) is 66.5 Å². The highest BCUT2D eigenvalue weighted by Crippen LogP contribution is 2.33. The van der Waals surface area contributed by atoms with Crippen molar-refractivity contribution >= 4 is 22.9 Å². The molecule has 0 spiro atoms. The summed E-state index contributed by atoms with van der Waals surface area (Å²) in [5.74, 6) is 6.63.